The number of fused-ring (bicyclic) bond motifs is 3. The Labute approximate surface area is 259 Å². The molecule has 43 heavy (non-hydrogen) atoms. The average Bonchev–Trinajstić information content (AvgIpc) is 3.36. The highest BCUT2D eigenvalue weighted by molar-refractivity contribution is 5.88. The maximum absolute atomic E-state index is 3.93. The van der Waals surface area contributed by atoms with Crippen LogP contribution >= 0.6 is 0 Å². The maximum atomic E-state index is 3.93. The van der Waals surface area contributed by atoms with Crippen molar-refractivity contribution in [3.8, 4) is 33.4 Å². The molecule has 0 heterocycles. The number of allylic oxidation sites excluding steroid dienone is 1. The van der Waals surface area contributed by atoms with Crippen molar-refractivity contribution >= 4 is 0 Å². The van der Waals surface area contributed by atoms with Crippen LogP contribution < -0.4 is 0 Å². The van der Waals surface area contributed by atoms with Crippen molar-refractivity contribution in [2.45, 2.75) is 70.1 Å². The molecule has 0 aliphatic heterocycles. The summed E-state index contributed by atoms with van der Waals surface area (Å²) >= 11 is 0. The molecule has 0 spiro atoms. The van der Waals surface area contributed by atoms with E-state index in [0.717, 1.165) is 19.3 Å². The van der Waals surface area contributed by atoms with Gasteiger partial charge in [0.25, 0.3) is 0 Å². The molecule has 0 radical (unpaired) electrons. The third kappa shape index (κ3) is 5.64. The average molecular weight is 561 g/mol. The van der Waals surface area contributed by atoms with Crippen LogP contribution in [0.5, 0.6) is 0 Å². The number of hydrogen-bond donors (Lipinski definition) is 0. The second-order valence-electron chi connectivity index (χ2n) is 12.3. The zero-order chi connectivity index (χ0) is 29.6. The van der Waals surface area contributed by atoms with Crippen LogP contribution in [0.25, 0.3) is 33.4 Å². The fourth-order valence-electron chi connectivity index (χ4n) is 7.12. The van der Waals surface area contributed by atoms with Crippen molar-refractivity contribution in [3.63, 3.8) is 0 Å². The third-order valence-corrected chi connectivity index (χ3v) is 9.76. The first-order valence-electron chi connectivity index (χ1n) is 16.3. The van der Waals surface area contributed by atoms with Crippen LogP contribution in [0.15, 0.2) is 134 Å². The second kappa shape index (κ2) is 13.0. The highest BCUT2D eigenvalue weighted by Gasteiger charge is 2.44. The van der Waals surface area contributed by atoms with Crippen molar-refractivity contribution in [2.24, 2.45) is 0 Å². The van der Waals surface area contributed by atoms with Crippen molar-refractivity contribution in [1.29, 1.82) is 0 Å². The van der Waals surface area contributed by atoms with Crippen LogP contribution in [0.3, 0.4) is 0 Å². The van der Waals surface area contributed by atoms with Gasteiger partial charge in [0, 0.05) is 5.41 Å². The molecule has 0 saturated heterocycles. The Kier molecular flexibility index (Phi) is 8.75. The molecule has 2 unspecified atom stereocenters. The van der Waals surface area contributed by atoms with Crippen LogP contribution in [0.1, 0.15) is 87.0 Å². The Morgan fingerprint density at radius 2 is 1.14 bits per heavy atom. The molecule has 6 rings (SSSR count). The Bertz CT molecular complexity index is 1660. The molecule has 0 N–H and O–H groups in total. The van der Waals surface area contributed by atoms with Crippen LogP contribution in [0.4, 0.5) is 0 Å². The lowest BCUT2D eigenvalue weighted by molar-refractivity contribution is 0.512. The molecule has 0 nitrogen and oxygen atoms in total. The largest absolute Gasteiger partial charge is 0.103 e. The fraction of sp³-hybridized carbons (Fsp3) is 0.256. The summed E-state index contributed by atoms with van der Waals surface area (Å²) in [7, 11) is 0. The monoisotopic (exact) mass is 560 g/mol. The van der Waals surface area contributed by atoms with E-state index in [4.69, 9.17) is 0 Å². The minimum Gasteiger partial charge on any atom is -0.103 e. The van der Waals surface area contributed by atoms with Crippen LogP contribution in [-0.4, -0.2) is 0 Å². The first-order valence-corrected chi connectivity index (χ1v) is 16.3. The lowest BCUT2D eigenvalue weighted by Crippen LogP contribution is -2.27. The van der Waals surface area contributed by atoms with Gasteiger partial charge in [0.15, 0.2) is 0 Å². The summed E-state index contributed by atoms with van der Waals surface area (Å²) in [6.07, 6.45) is 10.3. The number of unbranched alkanes of at least 4 members (excludes halogenated alkanes) is 4. The van der Waals surface area contributed by atoms with Crippen LogP contribution in [-0.2, 0) is 5.41 Å². The lowest BCUT2D eigenvalue weighted by Gasteiger charge is -2.34. The molecule has 2 atom stereocenters. The summed E-state index contributed by atoms with van der Waals surface area (Å²) in [4.78, 5) is 0. The highest BCUT2D eigenvalue weighted by atomic mass is 14.5. The maximum Gasteiger partial charge on any atom is 0.0464 e. The lowest BCUT2D eigenvalue weighted by atomic mass is 9.68. The van der Waals surface area contributed by atoms with Gasteiger partial charge in [0.1, 0.15) is 0 Å². The van der Waals surface area contributed by atoms with Gasteiger partial charge in [-0.2, -0.15) is 0 Å². The number of hydrogen-bond acceptors (Lipinski definition) is 0. The molecule has 0 heteroatoms. The molecular formula is C43H44. The summed E-state index contributed by atoms with van der Waals surface area (Å²) in [6, 6.07) is 45.9. The van der Waals surface area contributed by atoms with Crippen molar-refractivity contribution in [1.82, 2.24) is 0 Å². The Hall–Kier alpha value is -4.16. The quantitative estimate of drug-likeness (QED) is 0.105. The highest BCUT2D eigenvalue weighted by Crippen LogP contribution is 2.56. The summed E-state index contributed by atoms with van der Waals surface area (Å²) in [6.45, 7) is 8.51. The SMILES string of the molecule is C=CCCCCCCC1(c2ccccc2)c2cc(-c3ccccc3)ccc2-c2ccc(-c3ccc(C(C)CC)cc3)cc21. The van der Waals surface area contributed by atoms with Crippen LogP contribution in [0.2, 0.25) is 0 Å². The van der Waals surface area contributed by atoms with Crippen molar-refractivity contribution in [3.05, 3.63) is 156 Å². The normalized spacial score (nSPS) is 16.0. The van der Waals surface area contributed by atoms with E-state index < -0.39 is 0 Å². The Balaban J connectivity index is 1.50. The molecule has 1 aliphatic rings. The molecule has 0 amide bonds. The molecule has 0 saturated carbocycles. The summed E-state index contributed by atoms with van der Waals surface area (Å²) in [5.74, 6) is 0.583. The molecule has 216 valence electrons. The van der Waals surface area contributed by atoms with E-state index in [-0.39, 0.29) is 5.41 Å². The second-order valence-corrected chi connectivity index (χ2v) is 12.3. The van der Waals surface area contributed by atoms with Gasteiger partial charge in [-0.05, 0) is 99.4 Å². The van der Waals surface area contributed by atoms with Gasteiger partial charge in [0.05, 0.1) is 0 Å². The van der Waals surface area contributed by atoms with Gasteiger partial charge < -0.3 is 0 Å². The van der Waals surface area contributed by atoms with E-state index in [2.05, 4.69) is 148 Å². The smallest absolute Gasteiger partial charge is 0.0464 e. The fourth-order valence-corrected chi connectivity index (χ4v) is 7.12. The number of rotatable bonds is 12. The Morgan fingerprint density at radius 1 is 0.605 bits per heavy atom. The van der Waals surface area contributed by atoms with Gasteiger partial charge in [-0.1, -0.05) is 148 Å². The zero-order valence-electron chi connectivity index (χ0n) is 25.9. The molecule has 5 aromatic carbocycles. The summed E-state index contributed by atoms with van der Waals surface area (Å²) in [5.41, 5.74) is 13.4. The zero-order valence-corrected chi connectivity index (χ0v) is 25.9. The standard InChI is InChI=1S/C43H44/c1-4-6-7-8-9-16-29-43(38-19-14-11-15-20-38)41-30-36(34-17-12-10-13-18-34)25-27-39(41)40-28-26-37(31-42(40)43)35-23-21-33(22-24-35)32(3)5-2/h4,10-15,17-28,30-32H,1,5-9,16,29H2,2-3H3. The molecular weight excluding hydrogens is 516 g/mol. The summed E-state index contributed by atoms with van der Waals surface area (Å²) in [5, 5.41) is 0. The van der Waals surface area contributed by atoms with E-state index in [1.807, 2.05) is 0 Å². The van der Waals surface area contributed by atoms with Crippen LogP contribution in [0, 0.1) is 0 Å². The van der Waals surface area contributed by atoms with E-state index in [0.29, 0.717) is 5.92 Å². The molecule has 0 bridgehead atoms. The van der Waals surface area contributed by atoms with Gasteiger partial charge in [-0.15, -0.1) is 6.58 Å². The molecule has 5 aromatic rings. The minimum atomic E-state index is -0.193. The first-order chi connectivity index (χ1) is 21.2. The summed E-state index contributed by atoms with van der Waals surface area (Å²) < 4.78 is 0. The van der Waals surface area contributed by atoms with Gasteiger partial charge in [0.2, 0.25) is 0 Å². The van der Waals surface area contributed by atoms with E-state index in [9.17, 15) is 0 Å². The van der Waals surface area contributed by atoms with E-state index >= 15 is 0 Å². The Morgan fingerprint density at radius 3 is 1.72 bits per heavy atom. The van der Waals surface area contributed by atoms with E-state index in [1.54, 1.807) is 0 Å². The van der Waals surface area contributed by atoms with Gasteiger partial charge in [-0.3, -0.25) is 0 Å². The van der Waals surface area contributed by atoms with E-state index in [1.165, 1.54) is 81.3 Å². The first kappa shape index (κ1) is 28.9. The molecule has 0 fully saturated rings. The minimum absolute atomic E-state index is 0.193. The van der Waals surface area contributed by atoms with Gasteiger partial charge in [-0.25, -0.2) is 0 Å². The molecule has 0 aromatic heterocycles. The number of benzene rings is 5. The predicted molar refractivity (Wildman–Crippen MR) is 186 cm³/mol. The molecule has 1 aliphatic carbocycles. The topological polar surface area (TPSA) is 0 Å². The van der Waals surface area contributed by atoms with Crippen molar-refractivity contribution in [2.75, 3.05) is 0 Å². The van der Waals surface area contributed by atoms with Crippen molar-refractivity contribution < 1.29 is 0 Å². The predicted octanol–water partition coefficient (Wildman–Crippen LogP) is 12.4. The third-order valence-electron chi connectivity index (χ3n) is 9.76. The van der Waals surface area contributed by atoms with Gasteiger partial charge >= 0.3 is 0 Å².